The number of amides is 2. The van der Waals surface area contributed by atoms with Crippen molar-refractivity contribution in [2.75, 3.05) is 45.0 Å². The summed E-state index contributed by atoms with van der Waals surface area (Å²) in [6, 6.07) is 1.36. The maximum Gasteiger partial charge on any atom is 0.354 e. The Morgan fingerprint density at radius 3 is 2.54 bits per heavy atom. The topological polar surface area (TPSA) is 146 Å². The van der Waals surface area contributed by atoms with E-state index in [1.807, 2.05) is 18.7 Å². The van der Waals surface area contributed by atoms with Crippen LogP contribution in [-0.4, -0.2) is 79.5 Å². The van der Waals surface area contributed by atoms with Gasteiger partial charge in [0.2, 0.25) is 5.65 Å². The van der Waals surface area contributed by atoms with Crippen molar-refractivity contribution < 1.29 is 9.72 Å². The zero-order valence-corrected chi connectivity index (χ0v) is 15.9. The first kappa shape index (κ1) is 19.6. The number of aromatic amines is 1. The molecular formula is C16H24N8O4. The number of nitrogens with one attached hydrogen (secondary N) is 1. The second-order valence-corrected chi connectivity index (χ2v) is 6.59. The number of anilines is 1. The average Bonchev–Trinajstić information content (AvgIpc) is 3.00. The van der Waals surface area contributed by atoms with Crippen molar-refractivity contribution in [3.05, 3.63) is 32.2 Å². The molecule has 1 saturated heterocycles. The van der Waals surface area contributed by atoms with Crippen LogP contribution in [0.4, 0.5) is 16.3 Å². The fourth-order valence-corrected chi connectivity index (χ4v) is 3.37. The molecule has 0 spiro atoms. The van der Waals surface area contributed by atoms with Gasteiger partial charge in [-0.25, -0.2) is 9.78 Å². The molecule has 3 N–H and O–H groups in total. The van der Waals surface area contributed by atoms with Crippen molar-refractivity contribution in [1.82, 2.24) is 29.3 Å². The molecule has 28 heavy (non-hydrogen) atoms. The molecule has 1 fully saturated rings. The molecule has 0 bridgehead atoms. The van der Waals surface area contributed by atoms with Gasteiger partial charge in [-0.05, 0) is 13.8 Å². The van der Waals surface area contributed by atoms with E-state index >= 15 is 0 Å². The Bertz CT molecular complexity index is 940. The third-order valence-electron chi connectivity index (χ3n) is 4.92. The molecule has 12 heteroatoms. The molecule has 2 amide bonds. The Morgan fingerprint density at radius 2 is 1.96 bits per heavy atom. The van der Waals surface area contributed by atoms with Gasteiger partial charge >= 0.3 is 11.7 Å². The summed E-state index contributed by atoms with van der Waals surface area (Å²) in [4.78, 5) is 45.1. The predicted molar refractivity (Wildman–Crippen MR) is 102 cm³/mol. The van der Waals surface area contributed by atoms with Gasteiger partial charge in [0.05, 0.1) is 10.6 Å². The maximum atomic E-state index is 12.4. The van der Waals surface area contributed by atoms with Gasteiger partial charge in [0.1, 0.15) is 0 Å². The number of nitrogens with zero attached hydrogens (tertiary/aromatic N) is 6. The van der Waals surface area contributed by atoms with Crippen LogP contribution in [0.25, 0.3) is 5.65 Å². The molecule has 0 aliphatic carbocycles. The number of carbonyl (C=O) groups is 1. The molecule has 3 heterocycles. The molecule has 1 aliphatic rings. The highest BCUT2D eigenvalue weighted by atomic mass is 16.6. The summed E-state index contributed by atoms with van der Waals surface area (Å²) >= 11 is 0. The average molecular weight is 392 g/mol. The summed E-state index contributed by atoms with van der Waals surface area (Å²) < 4.78 is 0.970. The van der Waals surface area contributed by atoms with Crippen LogP contribution in [0.5, 0.6) is 0 Å². The number of urea groups is 1. The Morgan fingerprint density at radius 1 is 1.32 bits per heavy atom. The first-order valence-corrected chi connectivity index (χ1v) is 9.16. The SMILES string of the molecule is CCN(CC)C(=O)N1CCN(Cc2cc(=O)n3[nH]c(N)c([N+](=O)[O-])c3n2)CC1. The van der Waals surface area contributed by atoms with Gasteiger partial charge in [-0.2, -0.15) is 4.52 Å². The summed E-state index contributed by atoms with van der Waals surface area (Å²) in [5.74, 6) is -0.213. The molecular weight excluding hydrogens is 368 g/mol. The van der Waals surface area contributed by atoms with Crippen LogP contribution in [0.2, 0.25) is 0 Å². The molecule has 1 aliphatic heterocycles. The van der Waals surface area contributed by atoms with E-state index in [-0.39, 0.29) is 17.5 Å². The van der Waals surface area contributed by atoms with Crippen molar-refractivity contribution in [1.29, 1.82) is 0 Å². The number of carbonyl (C=O) groups excluding carboxylic acids is 1. The zero-order chi connectivity index (χ0) is 20.4. The number of nitrogen functional groups attached to an aromatic ring is 1. The lowest BCUT2D eigenvalue weighted by molar-refractivity contribution is -0.382. The largest absolute Gasteiger partial charge is 0.378 e. The number of hydrogen-bond acceptors (Lipinski definition) is 7. The third kappa shape index (κ3) is 3.63. The summed E-state index contributed by atoms with van der Waals surface area (Å²) in [6.45, 7) is 8.01. The molecule has 0 unspecified atom stereocenters. The minimum absolute atomic E-state index is 0.0286. The summed E-state index contributed by atoms with van der Waals surface area (Å²) in [7, 11) is 0. The highest BCUT2D eigenvalue weighted by Gasteiger charge is 2.26. The van der Waals surface area contributed by atoms with Crippen LogP contribution in [0.15, 0.2) is 10.9 Å². The lowest BCUT2D eigenvalue weighted by Gasteiger charge is -2.37. The van der Waals surface area contributed by atoms with Gasteiger partial charge in [0.25, 0.3) is 5.56 Å². The van der Waals surface area contributed by atoms with Crippen LogP contribution >= 0.6 is 0 Å². The van der Waals surface area contributed by atoms with E-state index < -0.39 is 16.2 Å². The summed E-state index contributed by atoms with van der Waals surface area (Å²) in [5.41, 5.74) is 5.06. The molecule has 2 aromatic heterocycles. The van der Waals surface area contributed by atoms with Crippen molar-refractivity contribution in [3.63, 3.8) is 0 Å². The van der Waals surface area contributed by atoms with Crippen LogP contribution in [0, 0.1) is 10.1 Å². The smallest absolute Gasteiger partial charge is 0.354 e. The van der Waals surface area contributed by atoms with Crippen molar-refractivity contribution in [2.45, 2.75) is 20.4 Å². The molecule has 0 aromatic carbocycles. The standard InChI is InChI=1S/C16H24N8O4/c1-3-21(4-2)16(26)22-7-5-20(6-8-22)10-11-9-12(25)23-15(18-11)13(24(27)28)14(17)19-23/h9,19H,3-8,10,17H2,1-2H3. The first-order chi connectivity index (χ1) is 13.3. The molecule has 3 rings (SSSR count). The Balaban J connectivity index is 1.72. The lowest BCUT2D eigenvalue weighted by atomic mass is 10.3. The number of fused-ring (bicyclic) bond motifs is 1. The van der Waals surface area contributed by atoms with Crippen molar-refractivity contribution in [2.24, 2.45) is 0 Å². The van der Waals surface area contributed by atoms with E-state index in [1.54, 1.807) is 4.90 Å². The monoisotopic (exact) mass is 392 g/mol. The second kappa shape index (κ2) is 7.84. The third-order valence-corrected chi connectivity index (χ3v) is 4.92. The number of piperazine rings is 1. The van der Waals surface area contributed by atoms with Gasteiger partial charge in [-0.1, -0.05) is 0 Å². The van der Waals surface area contributed by atoms with Crippen molar-refractivity contribution in [3.8, 4) is 0 Å². The second-order valence-electron chi connectivity index (χ2n) is 6.59. The normalized spacial score (nSPS) is 15.1. The first-order valence-electron chi connectivity index (χ1n) is 9.16. The fraction of sp³-hybridized carbons (Fsp3) is 0.562. The van der Waals surface area contributed by atoms with Gasteiger partial charge in [-0.3, -0.25) is 24.9 Å². The van der Waals surface area contributed by atoms with Gasteiger partial charge < -0.3 is 15.5 Å². The molecule has 12 nitrogen and oxygen atoms in total. The van der Waals surface area contributed by atoms with Crippen LogP contribution in [-0.2, 0) is 6.54 Å². The molecule has 0 radical (unpaired) electrons. The van der Waals surface area contributed by atoms with E-state index in [0.717, 1.165) is 4.52 Å². The highest BCUT2D eigenvalue weighted by Crippen LogP contribution is 2.24. The van der Waals surface area contributed by atoms with E-state index in [4.69, 9.17) is 5.73 Å². The number of nitro groups is 1. The van der Waals surface area contributed by atoms with Crippen LogP contribution < -0.4 is 11.3 Å². The van der Waals surface area contributed by atoms with Crippen molar-refractivity contribution >= 4 is 23.2 Å². The summed E-state index contributed by atoms with van der Waals surface area (Å²) in [6.07, 6.45) is 0. The number of nitrogens with two attached hydrogens (primary N) is 1. The number of hydrogen-bond donors (Lipinski definition) is 2. The molecule has 152 valence electrons. The molecule has 0 saturated carbocycles. The quantitative estimate of drug-likeness (QED) is 0.541. The number of rotatable bonds is 5. The molecule has 0 atom stereocenters. The van der Waals surface area contributed by atoms with E-state index in [1.165, 1.54) is 6.07 Å². The Kier molecular flexibility index (Phi) is 5.49. The maximum absolute atomic E-state index is 12.4. The van der Waals surface area contributed by atoms with Crippen LogP contribution in [0.3, 0.4) is 0 Å². The molecule has 2 aromatic rings. The fourth-order valence-electron chi connectivity index (χ4n) is 3.37. The lowest BCUT2D eigenvalue weighted by Crippen LogP contribution is -2.52. The zero-order valence-electron chi connectivity index (χ0n) is 15.9. The summed E-state index contributed by atoms with van der Waals surface area (Å²) in [5, 5.41) is 13.7. The Labute approximate surface area is 160 Å². The predicted octanol–water partition coefficient (Wildman–Crippen LogP) is 0.0924. The minimum atomic E-state index is -0.658. The number of H-pyrrole nitrogens is 1. The highest BCUT2D eigenvalue weighted by molar-refractivity contribution is 5.74. The van der Waals surface area contributed by atoms with E-state index in [0.29, 0.717) is 51.5 Å². The van der Waals surface area contributed by atoms with E-state index in [2.05, 4.69) is 15.0 Å². The van der Waals surface area contributed by atoms with Crippen LogP contribution in [0.1, 0.15) is 19.5 Å². The van der Waals surface area contributed by atoms with E-state index in [9.17, 15) is 19.7 Å². The minimum Gasteiger partial charge on any atom is -0.378 e. The number of aromatic nitrogens is 3. The van der Waals surface area contributed by atoms with Gasteiger partial charge in [-0.15, -0.1) is 0 Å². The van der Waals surface area contributed by atoms with Gasteiger partial charge in [0, 0.05) is 51.9 Å². The Hall–Kier alpha value is -3.15. The van der Waals surface area contributed by atoms with Gasteiger partial charge in [0.15, 0.2) is 5.82 Å².